The first-order chi connectivity index (χ1) is 16.8. The monoisotopic (exact) mass is 523 g/mol. The zero-order valence-corrected chi connectivity index (χ0v) is 23.5. The highest BCUT2D eigenvalue weighted by molar-refractivity contribution is 7.98. The Hall–Kier alpha value is -2.75. The van der Waals surface area contributed by atoms with Crippen LogP contribution < -0.4 is 10.6 Å². The minimum absolute atomic E-state index is 0.0211. The van der Waals surface area contributed by atoms with Crippen molar-refractivity contribution in [1.82, 2.24) is 15.5 Å². The number of ether oxygens (including phenoxy) is 2. The van der Waals surface area contributed by atoms with Gasteiger partial charge in [0.25, 0.3) is 0 Å². The van der Waals surface area contributed by atoms with Crippen molar-refractivity contribution in [2.75, 3.05) is 32.2 Å². The summed E-state index contributed by atoms with van der Waals surface area (Å²) in [6.07, 6.45) is 1.60. The lowest BCUT2D eigenvalue weighted by atomic mass is 9.95. The van der Waals surface area contributed by atoms with Crippen molar-refractivity contribution in [3.63, 3.8) is 0 Å². The van der Waals surface area contributed by atoms with E-state index in [4.69, 9.17) is 9.47 Å². The molecule has 0 aromatic heterocycles. The maximum atomic E-state index is 13.6. The molecule has 202 valence electrons. The van der Waals surface area contributed by atoms with Crippen LogP contribution in [0, 0.1) is 13.8 Å². The third kappa shape index (κ3) is 10.1. The van der Waals surface area contributed by atoms with Gasteiger partial charge in [0.2, 0.25) is 11.8 Å². The number of nitrogens with one attached hydrogen (secondary N) is 2. The molecule has 36 heavy (non-hydrogen) atoms. The first kappa shape index (κ1) is 31.3. The van der Waals surface area contributed by atoms with Crippen LogP contribution in [0.25, 0.3) is 0 Å². The molecule has 0 saturated carbocycles. The summed E-state index contributed by atoms with van der Waals surface area (Å²) in [5.41, 5.74) is 1.80. The molecule has 9 nitrogen and oxygen atoms in total. The Bertz CT molecular complexity index is 915. The lowest BCUT2D eigenvalue weighted by Crippen LogP contribution is -2.52. The molecule has 1 rings (SSSR count). The van der Waals surface area contributed by atoms with Gasteiger partial charge in [-0.05, 0) is 76.7 Å². The molecule has 2 unspecified atom stereocenters. The number of amides is 3. The summed E-state index contributed by atoms with van der Waals surface area (Å²) >= 11 is 1.55. The van der Waals surface area contributed by atoms with Crippen LogP contribution in [-0.4, -0.2) is 72.6 Å². The van der Waals surface area contributed by atoms with E-state index in [9.17, 15) is 19.2 Å². The van der Waals surface area contributed by atoms with E-state index in [1.165, 1.54) is 4.90 Å². The van der Waals surface area contributed by atoms with Crippen LogP contribution in [0.1, 0.15) is 63.3 Å². The van der Waals surface area contributed by atoms with Crippen LogP contribution in [0.3, 0.4) is 0 Å². The predicted molar refractivity (Wildman–Crippen MR) is 142 cm³/mol. The maximum Gasteiger partial charge on any atom is 0.408 e. The van der Waals surface area contributed by atoms with E-state index in [1.807, 2.05) is 32.2 Å². The largest absolute Gasteiger partial charge is 0.466 e. The van der Waals surface area contributed by atoms with Crippen molar-refractivity contribution in [1.29, 1.82) is 0 Å². The second-order valence-corrected chi connectivity index (χ2v) is 10.5. The summed E-state index contributed by atoms with van der Waals surface area (Å²) in [5, 5.41) is 5.43. The van der Waals surface area contributed by atoms with Crippen molar-refractivity contribution in [3.8, 4) is 0 Å². The van der Waals surface area contributed by atoms with Crippen LogP contribution in [-0.2, 0) is 23.9 Å². The molecular formula is C26H41N3O6S. The molecule has 0 heterocycles. The topological polar surface area (TPSA) is 114 Å². The normalized spacial score (nSPS) is 12.8. The number of rotatable bonds is 12. The lowest BCUT2D eigenvalue weighted by Gasteiger charge is -2.32. The van der Waals surface area contributed by atoms with Crippen LogP contribution in [0.5, 0.6) is 0 Å². The fraction of sp³-hybridized carbons (Fsp3) is 0.615. The number of benzene rings is 1. The van der Waals surface area contributed by atoms with Gasteiger partial charge in [0.15, 0.2) is 0 Å². The van der Waals surface area contributed by atoms with Gasteiger partial charge < -0.3 is 25.0 Å². The number of hydrogen-bond donors (Lipinski definition) is 2. The zero-order chi connectivity index (χ0) is 27.5. The van der Waals surface area contributed by atoms with Crippen molar-refractivity contribution in [2.24, 2.45) is 0 Å². The SMILES string of the molecule is CCOC(=O)CCNC(=O)C(c1cccc(C)c1C)N(C)C(=O)C(CCSC)NC(=O)OC(C)(C)C. The number of hydrogen-bond acceptors (Lipinski definition) is 7. The highest BCUT2D eigenvalue weighted by Crippen LogP contribution is 2.26. The number of nitrogens with zero attached hydrogens (tertiary/aromatic N) is 1. The lowest BCUT2D eigenvalue weighted by molar-refractivity contribution is -0.143. The summed E-state index contributed by atoms with van der Waals surface area (Å²) < 4.78 is 10.3. The van der Waals surface area contributed by atoms with Gasteiger partial charge in [0.05, 0.1) is 13.0 Å². The molecule has 0 saturated heterocycles. The van der Waals surface area contributed by atoms with Gasteiger partial charge >= 0.3 is 12.1 Å². The summed E-state index contributed by atoms with van der Waals surface area (Å²) in [6.45, 7) is 11.1. The Morgan fingerprint density at radius 2 is 1.81 bits per heavy atom. The minimum atomic E-state index is -0.961. The van der Waals surface area contributed by atoms with Crippen LogP contribution in [0.2, 0.25) is 0 Å². The first-order valence-corrected chi connectivity index (χ1v) is 13.5. The highest BCUT2D eigenvalue weighted by atomic mass is 32.2. The number of carbonyl (C=O) groups excluding carboxylic acids is 4. The van der Waals surface area contributed by atoms with E-state index < -0.39 is 41.6 Å². The van der Waals surface area contributed by atoms with Gasteiger partial charge in [0, 0.05) is 13.6 Å². The molecule has 0 aliphatic rings. The van der Waals surface area contributed by atoms with Crippen molar-refractivity contribution in [3.05, 3.63) is 34.9 Å². The van der Waals surface area contributed by atoms with E-state index in [-0.39, 0.29) is 19.6 Å². The van der Waals surface area contributed by atoms with Crippen molar-refractivity contribution < 1.29 is 28.7 Å². The average Bonchev–Trinajstić information content (AvgIpc) is 2.78. The smallest absolute Gasteiger partial charge is 0.408 e. The maximum absolute atomic E-state index is 13.6. The molecule has 3 amide bonds. The Kier molecular flexibility index (Phi) is 12.8. The molecular weight excluding hydrogens is 482 g/mol. The number of carbonyl (C=O) groups is 4. The van der Waals surface area contributed by atoms with E-state index in [2.05, 4.69) is 10.6 Å². The quantitative estimate of drug-likeness (QED) is 0.403. The average molecular weight is 524 g/mol. The molecule has 0 aliphatic carbocycles. The fourth-order valence-electron chi connectivity index (χ4n) is 3.53. The third-order valence-corrected chi connectivity index (χ3v) is 6.10. The summed E-state index contributed by atoms with van der Waals surface area (Å²) in [5.74, 6) is -0.629. The van der Waals surface area contributed by atoms with E-state index in [0.717, 1.165) is 11.1 Å². The van der Waals surface area contributed by atoms with Crippen LogP contribution in [0.4, 0.5) is 4.79 Å². The molecule has 0 spiro atoms. The molecule has 10 heteroatoms. The number of thioether (sulfide) groups is 1. The van der Waals surface area contributed by atoms with Crippen molar-refractivity contribution >= 4 is 35.6 Å². The van der Waals surface area contributed by atoms with Gasteiger partial charge in [-0.3, -0.25) is 14.4 Å². The van der Waals surface area contributed by atoms with Gasteiger partial charge in [0.1, 0.15) is 17.7 Å². The summed E-state index contributed by atoms with van der Waals surface area (Å²) in [6, 6.07) is 3.73. The van der Waals surface area contributed by atoms with E-state index >= 15 is 0 Å². The Morgan fingerprint density at radius 3 is 2.39 bits per heavy atom. The number of esters is 1. The predicted octanol–water partition coefficient (Wildman–Crippen LogP) is 3.52. The van der Waals surface area contributed by atoms with E-state index in [1.54, 1.807) is 52.6 Å². The van der Waals surface area contributed by atoms with Crippen LogP contribution >= 0.6 is 11.8 Å². The molecule has 0 aliphatic heterocycles. The molecule has 0 radical (unpaired) electrons. The van der Waals surface area contributed by atoms with E-state index in [0.29, 0.717) is 17.7 Å². The highest BCUT2D eigenvalue weighted by Gasteiger charge is 2.34. The fourth-order valence-corrected chi connectivity index (χ4v) is 4.00. The van der Waals surface area contributed by atoms with Crippen molar-refractivity contribution in [2.45, 2.75) is 72.1 Å². The second-order valence-electron chi connectivity index (χ2n) is 9.47. The molecule has 1 aromatic rings. The molecule has 2 atom stereocenters. The summed E-state index contributed by atoms with van der Waals surface area (Å²) in [7, 11) is 1.54. The minimum Gasteiger partial charge on any atom is -0.466 e. The van der Waals surface area contributed by atoms with Gasteiger partial charge in [-0.15, -0.1) is 0 Å². The number of aryl methyl sites for hydroxylation is 1. The Balaban J connectivity index is 3.23. The third-order valence-electron chi connectivity index (χ3n) is 5.46. The Labute approximate surface area is 219 Å². The zero-order valence-electron chi connectivity index (χ0n) is 22.7. The molecule has 0 fully saturated rings. The molecule has 0 bridgehead atoms. The first-order valence-electron chi connectivity index (χ1n) is 12.1. The summed E-state index contributed by atoms with van der Waals surface area (Å²) in [4.78, 5) is 52.5. The van der Waals surface area contributed by atoms with Gasteiger partial charge in [-0.2, -0.15) is 11.8 Å². The van der Waals surface area contributed by atoms with Crippen LogP contribution in [0.15, 0.2) is 18.2 Å². The second kappa shape index (κ2) is 14.7. The molecule has 1 aromatic carbocycles. The Morgan fingerprint density at radius 1 is 1.14 bits per heavy atom. The standard InChI is InChI=1S/C26H41N3O6S/c1-9-34-21(30)13-15-27-23(31)22(19-12-10-11-17(2)18(19)3)29(7)24(32)20(14-16-36-8)28-25(33)35-26(4,5)6/h10-12,20,22H,9,13-16H2,1-8H3,(H,27,31)(H,28,33). The van der Waals surface area contributed by atoms with Gasteiger partial charge in [-0.1, -0.05) is 18.2 Å². The molecule has 2 N–H and O–H groups in total. The van der Waals surface area contributed by atoms with Gasteiger partial charge in [-0.25, -0.2) is 4.79 Å². The number of alkyl carbamates (subject to hydrolysis) is 1. The number of likely N-dealkylation sites (N-methyl/N-ethyl adjacent to an activating group) is 1.